The van der Waals surface area contributed by atoms with Crippen molar-refractivity contribution in [3.8, 4) is 11.5 Å². The van der Waals surface area contributed by atoms with E-state index in [2.05, 4.69) is 26.3 Å². The molecule has 7 nitrogen and oxygen atoms in total. The number of amidine groups is 1. The summed E-state index contributed by atoms with van der Waals surface area (Å²) in [5.74, 6) is 1.03. The molecular formula is C22H24ClN5O2. The van der Waals surface area contributed by atoms with Gasteiger partial charge in [-0.05, 0) is 43.6 Å². The van der Waals surface area contributed by atoms with E-state index in [-0.39, 0.29) is 6.61 Å². The van der Waals surface area contributed by atoms with Crippen molar-refractivity contribution >= 4 is 17.4 Å². The lowest BCUT2D eigenvalue weighted by atomic mass is 10.0. The number of piperidine rings is 1. The van der Waals surface area contributed by atoms with Crippen LogP contribution >= 0.6 is 11.6 Å². The fraction of sp³-hybridized carbons (Fsp3) is 0.318. The van der Waals surface area contributed by atoms with Gasteiger partial charge in [0.25, 0.3) is 5.89 Å². The molecule has 0 bridgehead atoms. The van der Waals surface area contributed by atoms with Crippen LogP contribution in [0.5, 0.6) is 0 Å². The fourth-order valence-electron chi connectivity index (χ4n) is 3.53. The molecule has 1 aliphatic rings. The molecule has 2 aromatic carbocycles. The molecule has 0 aliphatic carbocycles. The number of benzene rings is 2. The number of nitrogens with zero attached hydrogens (tertiary/aromatic N) is 4. The topological polar surface area (TPSA) is 89.8 Å². The maximum absolute atomic E-state index is 6.21. The van der Waals surface area contributed by atoms with E-state index >= 15 is 0 Å². The molecule has 8 heteroatoms. The first-order valence-corrected chi connectivity index (χ1v) is 10.4. The smallest absolute Gasteiger partial charge is 0.259 e. The van der Waals surface area contributed by atoms with Crippen molar-refractivity contribution in [2.45, 2.75) is 32.4 Å². The Kier molecular flexibility index (Phi) is 6.61. The maximum Gasteiger partial charge on any atom is 0.259 e. The van der Waals surface area contributed by atoms with Gasteiger partial charge in [0.1, 0.15) is 0 Å². The zero-order valence-corrected chi connectivity index (χ0v) is 17.4. The Morgan fingerprint density at radius 3 is 2.70 bits per heavy atom. The van der Waals surface area contributed by atoms with E-state index in [0.717, 1.165) is 30.8 Å². The number of oxime groups is 1. The summed E-state index contributed by atoms with van der Waals surface area (Å²) in [4.78, 5) is 12.1. The molecule has 30 heavy (non-hydrogen) atoms. The van der Waals surface area contributed by atoms with Crippen molar-refractivity contribution in [3.05, 3.63) is 70.5 Å². The lowest BCUT2D eigenvalue weighted by Gasteiger charge is -2.27. The third-order valence-electron chi connectivity index (χ3n) is 5.06. The van der Waals surface area contributed by atoms with Crippen molar-refractivity contribution in [2.75, 3.05) is 13.1 Å². The Morgan fingerprint density at radius 1 is 1.10 bits per heavy atom. The minimum absolute atomic E-state index is 0.0446. The van der Waals surface area contributed by atoms with Crippen LogP contribution < -0.4 is 5.73 Å². The Labute approximate surface area is 180 Å². The van der Waals surface area contributed by atoms with E-state index in [1.165, 1.54) is 19.3 Å². The number of likely N-dealkylation sites (tertiary alicyclic amines) is 1. The Bertz CT molecular complexity index is 1010. The van der Waals surface area contributed by atoms with Crippen molar-refractivity contribution in [1.29, 1.82) is 0 Å². The summed E-state index contributed by atoms with van der Waals surface area (Å²) in [6, 6.07) is 15.3. The quantitative estimate of drug-likeness (QED) is 0.346. The molecule has 1 saturated heterocycles. The molecule has 0 atom stereocenters. The van der Waals surface area contributed by atoms with Crippen LogP contribution in [-0.2, 0) is 18.0 Å². The third-order valence-corrected chi connectivity index (χ3v) is 5.39. The highest BCUT2D eigenvalue weighted by Crippen LogP contribution is 2.25. The second kappa shape index (κ2) is 9.73. The van der Waals surface area contributed by atoms with Gasteiger partial charge >= 0.3 is 0 Å². The van der Waals surface area contributed by atoms with Crippen LogP contribution in [0.3, 0.4) is 0 Å². The molecule has 2 N–H and O–H groups in total. The first kappa shape index (κ1) is 20.4. The predicted octanol–water partition coefficient (Wildman–Crippen LogP) is 4.21. The van der Waals surface area contributed by atoms with E-state index < -0.39 is 0 Å². The molecule has 4 rings (SSSR count). The summed E-state index contributed by atoms with van der Waals surface area (Å²) in [7, 11) is 0. The highest BCUT2D eigenvalue weighted by molar-refractivity contribution is 6.33. The zero-order chi connectivity index (χ0) is 20.8. The number of halogens is 1. The van der Waals surface area contributed by atoms with Crippen LogP contribution in [0.15, 0.2) is 58.2 Å². The van der Waals surface area contributed by atoms with Gasteiger partial charge in [-0.3, -0.25) is 4.90 Å². The first-order chi connectivity index (χ1) is 14.7. The molecule has 3 aromatic rings. The average molecular weight is 426 g/mol. The molecule has 0 amide bonds. The maximum atomic E-state index is 6.21. The predicted molar refractivity (Wildman–Crippen MR) is 116 cm³/mol. The van der Waals surface area contributed by atoms with E-state index in [0.29, 0.717) is 28.1 Å². The SMILES string of the molecule is N/C(=N/OCc1noc(-c2ccccc2Cl)n1)c1ccccc1CN1CCCCC1. The molecule has 0 radical (unpaired) electrons. The zero-order valence-electron chi connectivity index (χ0n) is 16.6. The van der Waals surface area contributed by atoms with Gasteiger partial charge in [0, 0.05) is 12.1 Å². The molecule has 1 aliphatic heterocycles. The lowest BCUT2D eigenvalue weighted by molar-refractivity contribution is 0.122. The number of aromatic nitrogens is 2. The average Bonchev–Trinajstić information content (AvgIpc) is 3.24. The molecule has 156 valence electrons. The van der Waals surface area contributed by atoms with Crippen molar-refractivity contribution < 1.29 is 9.36 Å². The van der Waals surface area contributed by atoms with Crippen molar-refractivity contribution in [1.82, 2.24) is 15.0 Å². The minimum atomic E-state index is 0.0446. The van der Waals surface area contributed by atoms with E-state index in [4.69, 9.17) is 26.7 Å². The Morgan fingerprint density at radius 2 is 1.87 bits per heavy atom. The lowest BCUT2D eigenvalue weighted by Crippen LogP contribution is -2.30. The van der Waals surface area contributed by atoms with Gasteiger partial charge in [-0.25, -0.2) is 0 Å². The molecule has 1 fully saturated rings. The van der Waals surface area contributed by atoms with Gasteiger partial charge in [-0.2, -0.15) is 4.98 Å². The van der Waals surface area contributed by atoms with Gasteiger partial charge in [0.15, 0.2) is 12.4 Å². The summed E-state index contributed by atoms with van der Waals surface area (Å²) >= 11 is 6.17. The number of rotatable bonds is 7. The van der Waals surface area contributed by atoms with Gasteiger partial charge in [-0.1, -0.05) is 64.7 Å². The molecule has 0 saturated carbocycles. The van der Waals surface area contributed by atoms with Crippen LogP contribution in [0.1, 0.15) is 36.2 Å². The van der Waals surface area contributed by atoms with Gasteiger partial charge in [0.05, 0.1) is 10.6 Å². The van der Waals surface area contributed by atoms with Crippen LogP contribution in [-0.4, -0.2) is 34.0 Å². The van der Waals surface area contributed by atoms with Crippen LogP contribution in [0.4, 0.5) is 0 Å². The number of nitrogens with two attached hydrogens (primary N) is 1. The third kappa shape index (κ3) is 4.98. The summed E-state index contributed by atoms with van der Waals surface area (Å²) in [5.41, 5.74) is 8.91. The van der Waals surface area contributed by atoms with Gasteiger partial charge in [-0.15, -0.1) is 0 Å². The summed E-state index contributed by atoms with van der Waals surface area (Å²) < 4.78 is 5.27. The van der Waals surface area contributed by atoms with E-state index in [1.807, 2.05) is 36.4 Å². The number of hydrogen-bond acceptors (Lipinski definition) is 6. The second-order valence-electron chi connectivity index (χ2n) is 7.24. The van der Waals surface area contributed by atoms with Crippen LogP contribution in [0.2, 0.25) is 5.02 Å². The molecule has 2 heterocycles. The number of hydrogen-bond donors (Lipinski definition) is 1. The molecule has 1 aromatic heterocycles. The van der Waals surface area contributed by atoms with Crippen molar-refractivity contribution in [3.63, 3.8) is 0 Å². The summed E-state index contributed by atoms with van der Waals surface area (Å²) in [6.45, 7) is 3.14. The van der Waals surface area contributed by atoms with Crippen LogP contribution in [0.25, 0.3) is 11.5 Å². The fourth-order valence-corrected chi connectivity index (χ4v) is 3.75. The minimum Gasteiger partial charge on any atom is -0.386 e. The molecule has 0 spiro atoms. The van der Waals surface area contributed by atoms with E-state index in [1.54, 1.807) is 6.07 Å². The Hall–Kier alpha value is -2.90. The highest BCUT2D eigenvalue weighted by Gasteiger charge is 2.15. The monoisotopic (exact) mass is 425 g/mol. The van der Waals surface area contributed by atoms with E-state index in [9.17, 15) is 0 Å². The van der Waals surface area contributed by atoms with Gasteiger partial charge in [0.2, 0.25) is 5.82 Å². The highest BCUT2D eigenvalue weighted by atomic mass is 35.5. The second-order valence-corrected chi connectivity index (χ2v) is 7.65. The van der Waals surface area contributed by atoms with Crippen LogP contribution in [0, 0.1) is 0 Å². The largest absolute Gasteiger partial charge is 0.386 e. The molecule has 0 unspecified atom stereocenters. The Balaban J connectivity index is 1.40. The molecular weight excluding hydrogens is 402 g/mol. The normalized spacial score (nSPS) is 15.3. The standard InChI is InChI=1S/C22H24ClN5O2/c23-19-11-5-4-10-18(19)22-25-20(26-30-22)15-29-27-21(24)17-9-3-2-8-16(17)14-28-12-6-1-7-13-28/h2-5,8-11H,1,6-7,12-15H2,(H2,24,27). The summed E-state index contributed by atoms with van der Waals surface area (Å²) in [6.07, 6.45) is 3.80. The summed E-state index contributed by atoms with van der Waals surface area (Å²) in [5, 5.41) is 8.53. The first-order valence-electron chi connectivity index (χ1n) is 10.0. The van der Waals surface area contributed by atoms with Gasteiger partial charge < -0.3 is 15.1 Å². The van der Waals surface area contributed by atoms with Crippen molar-refractivity contribution in [2.24, 2.45) is 10.9 Å².